The summed E-state index contributed by atoms with van der Waals surface area (Å²) in [5, 5.41) is 0. The first-order valence-electron chi connectivity index (χ1n) is 2.66. The van der Waals surface area contributed by atoms with Crippen molar-refractivity contribution in [2.24, 2.45) is 0 Å². The zero-order valence-corrected chi connectivity index (χ0v) is 6.54. The van der Waals surface area contributed by atoms with Crippen molar-refractivity contribution in [2.75, 3.05) is 0 Å². The minimum absolute atomic E-state index is 0. The maximum atomic E-state index is 3.84. The second kappa shape index (κ2) is 5.46. The monoisotopic (exact) mass is 108 g/mol. The molecule has 1 rings (SSSR count). The zero-order chi connectivity index (χ0) is 5.28. The molecule has 0 spiro atoms. The summed E-state index contributed by atoms with van der Waals surface area (Å²) in [6.45, 7) is 7.67. The van der Waals surface area contributed by atoms with E-state index in [1.807, 2.05) is 0 Å². The van der Waals surface area contributed by atoms with E-state index in [0.29, 0.717) is 0 Å². The summed E-state index contributed by atoms with van der Waals surface area (Å²) in [7, 11) is 0. The van der Waals surface area contributed by atoms with Gasteiger partial charge in [0.15, 0.2) is 0 Å². The minimum atomic E-state index is 0. The van der Waals surface area contributed by atoms with Crippen molar-refractivity contribution in [1.29, 1.82) is 0 Å². The van der Waals surface area contributed by atoms with E-state index in [2.05, 4.69) is 13.8 Å². The predicted octanol–water partition coefficient (Wildman–Crippen LogP) is -3.86. The van der Waals surface area contributed by atoms with Gasteiger partial charge in [-0.15, -0.1) is 12.8 Å². The Morgan fingerprint density at radius 1 is 0.889 bits per heavy atom. The van der Waals surface area contributed by atoms with Gasteiger partial charge in [-0.1, -0.05) is 6.42 Å². The van der Waals surface area contributed by atoms with Crippen molar-refractivity contribution < 1.29 is 37.7 Å². The second-order valence-corrected chi connectivity index (χ2v) is 2.06. The summed E-state index contributed by atoms with van der Waals surface area (Å²) in [6.07, 6.45) is 3.63. The Morgan fingerprint density at radius 2 is 1.22 bits per heavy atom. The maximum absolute atomic E-state index is 3.84. The first-order valence-corrected chi connectivity index (χ1v) is 2.66. The predicted molar refractivity (Wildman–Crippen MR) is 31.6 cm³/mol. The molecule has 0 atom stereocenters. The van der Waals surface area contributed by atoms with E-state index < -0.39 is 0 Å². The Bertz CT molecular complexity index is 93.5. The Balaban J connectivity index is 0. The average molecular weight is 108 g/mol. The van der Waals surface area contributed by atoms with Crippen LogP contribution in [-0.2, 0) is 0 Å². The Morgan fingerprint density at radius 3 is 1.33 bits per heavy atom. The normalized spacial score (nSPS) is 16.4. The molecule has 0 radical (unpaired) electrons. The first kappa shape index (κ1) is 12.4. The molecule has 40 valence electrons. The first-order chi connectivity index (χ1) is 3.30. The molecule has 0 bridgehead atoms. The molecule has 2 heteroatoms. The fraction of sp³-hybridized carbons (Fsp3) is 0.429. The van der Waals surface area contributed by atoms with Crippen LogP contribution in [0.15, 0.2) is 11.1 Å². The van der Waals surface area contributed by atoms with E-state index in [1.165, 1.54) is 30.4 Å². The van der Waals surface area contributed by atoms with E-state index in [0.717, 1.165) is 0 Å². The van der Waals surface area contributed by atoms with Crippen LogP contribution in [0.4, 0.5) is 0 Å². The molecule has 9 heavy (non-hydrogen) atoms. The number of hydrogen-bond acceptors (Lipinski definition) is 0. The summed E-state index contributed by atoms with van der Waals surface area (Å²) < 4.78 is 0. The summed E-state index contributed by atoms with van der Waals surface area (Å²) in [5.41, 5.74) is 2.53. The van der Waals surface area contributed by atoms with Gasteiger partial charge < -0.3 is 25.0 Å². The van der Waals surface area contributed by atoms with Crippen LogP contribution >= 0.6 is 0 Å². The van der Waals surface area contributed by atoms with Crippen LogP contribution in [0.3, 0.4) is 0 Å². The molecule has 0 fully saturated rings. The summed E-state index contributed by atoms with van der Waals surface area (Å²) in [4.78, 5) is 0. The van der Waals surface area contributed by atoms with Gasteiger partial charge >= 0.3 is 37.7 Å². The van der Waals surface area contributed by atoms with Crippen molar-refractivity contribution in [2.45, 2.75) is 19.3 Å². The minimum Gasteiger partial charge on any atom is -0.364 e. The molecule has 0 heterocycles. The van der Waals surface area contributed by atoms with E-state index in [-0.39, 0.29) is 37.7 Å². The Labute approximate surface area is 81.8 Å². The molecular weight excluding hydrogens is 98.0 g/mol. The van der Waals surface area contributed by atoms with Gasteiger partial charge in [-0.05, 0) is 0 Å². The van der Waals surface area contributed by atoms with Crippen LogP contribution < -0.4 is 37.7 Å². The van der Waals surface area contributed by atoms with Gasteiger partial charge in [0.2, 0.25) is 0 Å². The average Bonchev–Trinajstić information content (AvgIpc) is 1.91. The van der Waals surface area contributed by atoms with E-state index >= 15 is 0 Å². The molecule has 0 saturated carbocycles. The summed E-state index contributed by atoms with van der Waals surface area (Å²) in [5.74, 6) is 0. The van der Waals surface area contributed by atoms with Gasteiger partial charge in [-0.3, -0.25) is 0 Å². The number of rotatable bonds is 0. The van der Waals surface area contributed by atoms with Crippen LogP contribution in [0.1, 0.15) is 19.3 Å². The number of allylic oxidation sites excluding steroid dienone is 2. The molecule has 1 aliphatic carbocycles. The molecular formula is C7H10Li2. The summed E-state index contributed by atoms with van der Waals surface area (Å²) in [6, 6.07) is 0. The van der Waals surface area contributed by atoms with Gasteiger partial charge in [0.1, 0.15) is 0 Å². The van der Waals surface area contributed by atoms with Gasteiger partial charge in [0.25, 0.3) is 0 Å². The molecule has 0 nitrogen and oxygen atoms in total. The Kier molecular flexibility index (Phi) is 7.50. The van der Waals surface area contributed by atoms with E-state index in [4.69, 9.17) is 0 Å². The van der Waals surface area contributed by atoms with Crippen LogP contribution in [0, 0.1) is 13.8 Å². The van der Waals surface area contributed by atoms with Crippen molar-refractivity contribution >= 4 is 0 Å². The van der Waals surface area contributed by atoms with Crippen LogP contribution in [0.25, 0.3) is 0 Å². The zero-order valence-electron chi connectivity index (χ0n) is 6.54. The van der Waals surface area contributed by atoms with Crippen molar-refractivity contribution in [3.8, 4) is 0 Å². The SMILES string of the molecule is [CH2-]C1=C([CH2-])CCC1.[Li+].[Li+]. The van der Waals surface area contributed by atoms with Crippen molar-refractivity contribution in [3.63, 3.8) is 0 Å². The largest absolute Gasteiger partial charge is 1.00 e. The third-order valence-electron chi connectivity index (χ3n) is 1.46. The van der Waals surface area contributed by atoms with Crippen LogP contribution in [0.2, 0.25) is 0 Å². The molecule has 0 aliphatic heterocycles. The van der Waals surface area contributed by atoms with Crippen molar-refractivity contribution in [3.05, 3.63) is 25.0 Å². The molecule has 0 N–H and O–H groups in total. The third-order valence-corrected chi connectivity index (χ3v) is 1.46. The second-order valence-electron chi connectivity index (χ2n) is 2.06. The van der Waals surface area contributed by atoms with Gasteiger partial charge in [0.05, 0.1) is 0 Å². The molecule has 0 amide bonds. The molecule has 0 saturated heterocycles. The Hall–Kier alpha value is 0.675. The van der Waals surface area contributed by atoms with Gasteiger partial charge in [-0.25, -0.2) is 0 Å². The number of hydrogen-bond donors (Lipinski definition) is 0. The molecule has 0 aromatic rings. The van der Waals surface area contributed by atoms with Crippen molar-refractivity contribution in [1.82, 2.24) is 0 Å². The molecule has 0 aromatic carbocycles. The third kappa shape index (κ3) is 3.39. The van der Waals surface area contributed by atoms with E-state index in [1.54, 1.807) is 0 Å². The van der Waals surface area contributed by atoms with E-state index in [9.17, 15) is 0 Å². The fourth-order valence-electron chi connectivity index (χ4n) is 0.869. The smallest absolute Gasteiger partial charge is 0.364 e. The maximum Gasteiger partial charge on any atom is 1.00 e. The standard InChI is InChI=1S/C7H10.2Li/c1-6-4-3-5-7(6)2;;/h1-5H2;;/q-2;2*+1. The molecule has 0 unspecified atom stereocenters. The molecule has 0 aromatic heterocycles. The summed E-state index contributed by atoms with van der Waals surface area (Å²) >= 11 is 0. The van der Waals surface area contributed by atoms with Crippen LogP contribution in [0.5, 0.6) is 0 Å². The van der Waals surface area contributed by atoms with Gasteiger partial charge in [-0.2, -0.15) is 0 Å². The molecule has 1 aliphatic rings. The quantitative estimate of drug-likeness (QED) is 0.220. The van der Waals surface area contributed by atoms with Crippen LogP contribution in [-0.4, -0.2) is 0 Å². The fourth-order valence-corrected chi connectivity index (χ4v) is 0.869. The van der Waals surface area contributed by atoms with Gasteiger partial charge in [0, 0.05) is 0 Å². The topological polar surface area (TPSA) is 0 Å².